The first-order valence-electron chi connectivity index (χ1n) is 7.29. The Bertz CT molecular complexity index is 688. The smallest absolute Gasteiger partial charge is 0.391 e. The largest absolute Gasteiger partial charge is 0.464 e. The first-order chi connectivity index (χ1) is 11.6. The summed E-state index contributed by atoms with van der Waals surface area (Å²) in [5.41, 5.74) is -2.77. The molecule has 1 atom stereocenters. The van der Waals surface area contributed by atoms with Crippen LogP contribution >= 0.6 is 11.6 Å². The maximum atomic E-state index is 13.2. The lowest BCUT2D eigenvalue weighted by Crippen LogP contribution is -2.54. The molecule has 0 amide bonds. The van der Waals surface area contributed by atoms with E-state index < -0.39 is 40.5 Å². The highest BCUT2D eigenvalue weighted by Gasteiger charge is 2.56. The molecule has 0 spiro atoms. The third-order valence-electron chi connectivity index (χ3n) is 3.81. The third-order valence-corrected chi connectivity index (χ3v) is 3.99. The Kier molecular flexibility index (Phi) is 5.35. The Morgan fingerprint density at radius 1 is 1.56 bits per heavy atom. The first kappa shape index (κ1) is 19.2. The van der Waals surface area contributed by atoms with Gasteiger partial charge in [-0.05, 0) is 31.4 Å². The lowest BCUT2D eigenvalue weighted by atomic mass is 9.91. The summed E-state index contributed by atoms with van der Waals surface area (Å²) in [6.45, 7) is 1.30. The van der Waals surface area contributed by atoms with E-state index in [1.165, 1.54) is 6.92 Å². The van der Waals surface area contributed by atoms with Crippen LogP contribution in [0.3, 0.4) is 0 Å². The Hall–Kier alpha value is -2.17. The van der Waals surface area contributed by atoms with Gasteiger partial charge < -0.3 is 9.64 Å². The lowest BCUT2D eigenvalue weighted by molar-refractivity contribution is -0.384. The number of rotatable bonds is 5. The second-order valence-electron chi connectivity index (χ2n) is 5.40. The number of nitro groups is 1. The summed E-state index contributed by atoms with van der Waals surface area (Å²) in [5, 5.41) is 10.8. The fraction of sp³-hybridized carbons (Fsp3) is 0.615. The molecule has 1 aliphatic heterocycles. The van der Waals surface area contributed by atoms with E-state index in [9.17, 15) is 28.1 Å². The molecule has 1 unspecified atom stereocenters. The summed E-state index contributed by atoms with van der Waals surface area (Å²) in [7, 11) is 0. The second-order valence-corrected chi connectivity index (χ2v) is 5.74. The summed E-state index contributed by atoms with van der Waals surface area (Å²) in [4.78, 5) is 30.9. The van der Waals surface area contributed by atoms with Gasteiger partial charge in [0.15, 0.2) is 0 Å². The van der Waals surface area contributed by atoms with Gasteiger partial charge in [-0.3, -0.25) is 10.1 Å². The maximum Gasteiger partial charge on any atom is 0.391 e. The number of anilines is 1. The molecule has 138 valence electrons. The second kappa shape index (κ2) is 6.98. The minimum atomic E-state index is -4.69. The number of alkyl halides is 3. The van der Waals surface area contributed by atoms with Crippen LogP contribution in [0.15, 0.2) is 6.20 Å². The molecule has 0 N–H and O–H groups in total. The van der Waals surface area contributed by atoms with Crippen molar-refractivity contribution >= 4 is 29.1 Å². The molecule has 25 heavy (non-hydrogen) atoms. The average Bonchev–Trinajstić information content (AvgIpc) is 2.89. The molecular formula is C13H14ClF3N4O4. The number of aromatic nitrogens is 2. The predicted octanol–water partition coefficient (Wildman–Crippen LogP) is 2.89. The zero-order valence-electron chi connectivity index (χ0n) is 13.0. The highest BCUT2D eigenvalue weighted by atomic mass is 35.5. The van der Waals surface area contributed by atoms with Gasteiger partial charge in [-0.25, -0.2) is 9.78 Å². The number of carbonyl (C=O) groups excluding carboxylic acids is 1. The van der Waals surface area contributed by atoms with Gasteiger partial charge in [-0.15, -0.1) is 0 Å². The molecule has 2 heterocycles. The molecule has 0 aromatic carbocycles. The van der Waals surface area contributed by atoms with Gasteiger partial charge in [0, 0.05) is 6.54 Å². The van der Waals surface area contributed by atoms with Crippen molar-refractivity contribution in [1.82, 2.24) is 9.97 Å². The maximum absolute atomic E-state index is 13.2. The van der Waals surface area contributed by atoms with Crippen molar-refractivity contribution in [2.75, 3.05) is 18.1 Å². The van der Waals surface area contributed by atoms with Crippen LogP contribution < -0.4 is 4.90 Å². The topological polar surface area (TPSA) is 98.5 Å². The molecule has 1 aromatic heterocycles. The monoisotopic (exact) mass is 382 g/mol. The summed E-state index contributed by atoms with van der Waals surface area (Å²) < 4.78 is 44.3. The number of carbonyl (C=O) groups is 1. The zero-order valence-corrected chi connectivity index (χ0v) is 13.8. The van der Waals surface area contributed by atoms with Crippen molar-refractivity contribution in [2.24, 2.45) is 0 Å². The summed E-state index contributed by atoms with van der Waals surface area (Å²) >= 11 is 5.66. The molecule has 8 nitrogen and oxygen atoms in total. The molecule has 1 fully saturated rings. The minimum absolute atomic E-state index is 0.0386. The number of ether oxygens (including phenoxy) is 1. The van der Waals surface area contributed by atoms with E-state index in [1.807, 2.05) is 0 Å². The normalized spacial score (nSPS) is 20.6. The van der Waals surface area contributed by atoms with Gasteiger partial charge in [-0.2, -0.15) is 18.2 Å². The SMILES string of the molecule is CCOC(=O)C1(CC(F)(F)F)CCCN1c1nc(Cl)ncc1[N+](=O)[O-]. The number of halogens is 4. The van der Waals surface area contributed by atoms with E-state index in [0.717, 1.165) is 11.1 Å². The summed E-state index contributed by atoms with van der Waals surface area (Å²) in [6, 6.07) is 0. The van der Waals surface area contributed by atoms with Crippen LogP contribution in [0.5, 0.6) is 0 Å². The fourth-order valence-electron chi connectivity index (χ4n) is 2.93. The summed E-state index contributed by atoms with van der Waals surface area (Å²) in [5.74, 6) is -1.53. The Morgan fingerprint density at radius 2 is 2.24 bits per heavy atom. The molecule has 2 rings (SSSR count). The molecule has 0 aliphatic carbocycles. The summed E-state index contributed by atoms with van der Waals surface area (Å²) in [6.07, 6.45) is -5.39. The highest BCUT2D eigenvalue weighted by molar-refractivity contribution is 6.28. The third kappa shape index (κ3) is 3.91. The molecule has 1 aromatic rings. The van der Waals surface area contributed by atoms with E-state index in [4.69, 9.17) is 16.3 Å². The molecule has 1 saturated heterocycles. The molecule has 0 radical (unpaired) electrons. The van der Waals surface area contributed by atoms with E-state index in [2.05, 4.69) is 9.97 Å². The number of esters is 1. The highest BCUT2D eigenvalue weighted by Crippen LogP contribution is 2.44. The molecule has 0 bridgehead atoms. The first-order valence-corrected chi connectivity index (χ1v) is 7.67. The quantitative estimate of drug-likeness (QED) is 0.334. The fourth-order valence-corrected chi connectivity index (χ4v) is 3.05. The number of nitrogens with zero attached hydrogens (tertiary/aromatic N) is 4. The zero-order chi connectivity index (χ0) is 18.8. The Labute approximate surface area is 145 Å². The van der Waals surface area contributed by atoms with E-state index in [0.29, 0.717) is 0 Å². The van der Waals surface area contributed by atoms with Gasteiger partial charge in [0.05, 0.1) is 18.0 Å². The van der Waals surface area contributed by atoms with E-state index in [-0.39, 0.29) is 31.3 Å². The Balaban J connectivity index is 2.59. The van der Waals surface area contributed by atoms with Gasteiger partial charge in [0.1, 0.15) is 11.7 Å². The van der Waals surface area contributed by atoms with E-state index >= 15 is 0 Å². The van der Waals surface area contributed by atoms with Gasteiger partial charge in [0.2, 0.25) is 11.1 Å². The molecule has 1 aliphatic rings. The lowest BCUT2D eigenvalue weighted by Gasteiger charge is -2.37. The average molecular weight is 383 g/mol. The van der Waals surface area contributed by atoms with Crippen molar-refractivity contribution in [3.63, 3.8) is 0 Å². The van der Waals surface area contributed by atoms with Crippen LogP contribution in [0, 0.1) is 10.1 Å². The van der Waals surface area contributed by atoms with Crippen LogP contribution in [0.25, 0.3) is 0 Å². The van der Waals surface area contributed by atoms with Gasteiger partial charge >= 0.3 is 17.8 Å². The molecule has 12 heteroatoms. The number of hydrogen-bond donors (Lipinski definition) is 0. The van der Waals surface area contributed by atoms with Crippen molar-refractivity contribution < 1.29 is 27.6 Å². The van der Waals surface area contributed by atoms with Crippen LogP contribution in [0.1, 0.15) is 26.2 Å². The van der Waals surface area contributed by atoms with Crippen molar-refractivity contribution in [3.8, 4) is 0 Å². The van der Waals surface area contributed by atoms with E-state index in [1.54, 1.807) is 0 Å². The van der Waals surface area contributed by atoms with Crippen molar-refractivity contribution in [1.29, 1.82) is 0 Å². The van der Waals surface area contributed by atoms with Crippen LogP contribution in [-0.2, 0) is 9.53 Å². The van der Waals surface area contributed by atoms with Gasteiger partial charge in [0.25, 0.3) is 0 Å². The molecular weight excluding hydrogens is 369 g/mol. The van der Waals surface area contributed by atoms with Crippen molar-refractivity contribution in [3.05, 3.63) is 21.6 Å². The standard InChI is InChI=1S/C13H14ClF3N4O4/c1-2-25-10(22)12(7-13(15,16)17)4-3-5-20(12)9-8(21(23)24)6-18-11(14)19-9/h6H,2-5,7H2,1H3. The van der Waals surface area contributed by atoms with Crippen LogP contribution in [-0.4, -0.2) is 45.7 Å². The van der Waals surface area contributed by atoms with Crippen molar-refractivity contribution in [2.45, 2.75) is 37.9 Å². The minimum Gasteiger partial charge on any atom is -0.464 e. The van der Waals surface area contributed by atoms with Crippen LogP contribution in [0.4, 0.5) is 24.7 Å². The van der Waals surface area contributed by atoms with Gasteiger partial charge in [-0.1, -0.05) is 0 Å². The number of hydrogen-bond acceptors (Lipinski definition) is 7. The molecule has 0 saturated carbocycles. The van der Waals surface area contributed by atoms with Crippen LogP contribution in [0.2, 0.25) is 5.28 Å². The Morgan fingerprint density at radius 3 is 2.80 bits per heavy atom. The predicted molar refractivity (Wildman–Crippen MR) is 80.3 cm³/mol.